The van der Waals surface area contributed by atoms with Crippen molar-refractivity contribution in [2.24, 2.45) is 4.99 Å². The summed E-state index contributed by atoms with van der Waals surface area (Å²) in [6.45, 7) is 10.5. The topological polar surface area (TPSA) is 43.6 Å². The van der Waals surface area contributed by atoms with E-state index in [-0.39, 0.29) is 12.5 Å². The van der Waals surface area contributed by atoms with Crippen LogP contribution >= 0.6 is 11.3 Å². The van der Waals surface area contributed by atoms with Gasteiger partial charge in [-0.3, -0.25) is 4.79 Å². The molecule has 0 unspecified atom stereocenters. The zero-order valence-electron chi connectivity index (χ0n) is 15.3. The molecule has 26 heavy (non-hydrogen) atoms. The first kappa shape index (κ1) is 18.1. The first-order valence-electron chi connectivity index (χ1n) is 8.46. The number of carbonyl (C=O) groups is 1. The zero-order valence-corrected chi connectivity index (χ0v) is 16.1. The first-order valence-corrected chi connectivity index (χ1v) is 9.28. The van der Waals surface area contributed by atoms with Crippen molar-refractivity contribution < 1.29 is 9.53 Å². The average molecular weight is 366 g/mol. The summed E-state index contributed by atoms with van der Waals surface area (Å²) >= 11 is 1.52. The number of allylic oxidation sites excluding steroid dienone is 1. The predicted octanol–water partition coefficient (Wildman–Crippen LogP) is 4.32. The Morgan fingerprint density at radius 3 is 2.77 bits per heavy atom. The van der Waals surface area contributed by atoms with Crippen LogP contribution in [0.2, 0.25) is 0 Å². The van der Waals surface area contributed by atoms with Crippen LogP contribution in [0, 0.1) is 20.8 Å². The summed E-state index contributed by atoms with van der Waals surface area (Å²) in [5.41, 5.74) is 4.55. The Morgan fingerprint density at radius 1 is 1.23 bits per heavy atom. The fourth-order valence-corrected chi connectivity index (χ4v) is 4.00. The molecule has 3 rings (SSSR count). The summed E-state index contributed by atoms with van der Waals surface area (Å²) in [7, 11) is 0. The Hall–Kier alpha value is -2.66. The molecule has 0 N–H and O–H groups in total. The normalized spacial score (nSPS) is 11.7. The second-order valence-corrected chi connectivity index (χ2v) is 7.30. The molecule has 0 fully saturated rings. The van der Waals surface area contributed by atoms with Crippen molar-refractivity contribution >= 4 is 27.5 Å². The molecule has 1 aromatic heterocycles. The Morgan fingerprint density at radius 2 is 2.04 bits per heavy atom. The third kappa shape index (κ3) is 3.94. The largest absolute Gasteiger partial charge is 0.484 e. The number of aromatic nitrogens is 1. The number of fused-ring (bicyclic) bond motifs is 1. The molecule has 0 spiro atoms. The molecular formula is C21H22N2O2S. The van der Waals surface area contributed by atoms with E-state index in [0.29, 0.717) is 17.1 Å². The highest BCUT2D eigenvalue weighted by Gasteiger charge is 2.10. The number of rotatable bonds is 5. The van der Waals surface area contributed by atoms with Crippen molar-refractivity contribution in [2.45, 2.75) is 27.3 Å². The minimum absolute atomic E-state index is 0.0796. The summed E-state index contributed by atoms with van der Waals surface area (Å²) < 4.78 is 8.74. The van der Waals surface area contributed by atoms with Crippen molar-refractivity contribution in [3.63, 3.8) is 0 Å². The van der Waals surface area contributed by atoms with Crippen LogP contribution in [0.3, 0.4) is 0 Å². The van der Waals surface area contributed by atoms with Crippen molar-refractivity contribution in [3.05, 3.63) is 70.5 Å². The van der Waals surface area contributed by atoms with Gasteiger partial charge in [-0.1, -0.05) is 35.6 Å². The SMILES string of the molecule is C=CCn1c(=NC(=O)COc2cccc(C)c2)sc2c(C)cc(C)cc21. The molecule has 0 aliphatic rings. The van der Waals surface area contributed by atoms with Crippen LogP contribution in [-0.2, 0) is 11.3 Å². The highest BCUT2D eigenvalue weighted by Crippen LogP contribution is 2.23. The molecule has 0 bridgehead atoms. The van der Waals surface area contributed by atoms with Gasteiger partial charge in [0.2, 0.25) is 0 Å². The van der Waals surface area contributed by atoms with Gasteiger partial charge in [-0.15, -0.1) is 6.58 Å². The number of nitrogens with zero attached hydrogens (tertiary/aromatic N) is 2. The lowest BCUT2D eigenvalue weighted by Crippen LogP contribution is -2.19. The zero-order chi connectivity index (χ0) is 18.7. The van der Waals surface area contributed by atoms with E-state index in [1.54, 1.807) is 0 Å². The second kappa shape index (κ2) is 7.70. The van der Waals surface area contributed by atoms with Crippen molar-refractivity contribution in [3.8, 4) is 5.75 Å². The molecule has 0 saturated heterocycles. The molecule has 5 heteroatoms. The van der Waals surface area contributed by atoms with Gasteiger partial charge < -0.3 is 9.30 Å². The molecule has 134 valence electrons. The first-order chi connectivity index (χ1) is 12.5. The van der Waals surface area contributed by atoms with Crippen LogP contribution in [0.15, 0.2) is 54.0 Å². The number of ether oxygens (including phenoxy) is 1. The summed E-state index contributed by atoms with van der Waals surface area (Å²) in [6.07, 6.45) is 1.82. The average Bonchev–Trinajstić information content (AvgIpc) is 2.92. The summed E-state index contributed by atoms with van der Waals surface area (Å²) in [4.78, 5) is 17.3. The van der Waals surface area contributed by atoms with Crippen LogP contribution in [0.25, 0.3) is 10.2 Å². The number of hydrogen-bond donors (Lipinski definition) is 0. The molecule has 0 aliphatic heterocycles. The van der Waals surface area contributed by atoms with Gasteiger partial charge in [-0.25, -0.2) is 0 Å². The third-order valence-corrected chi connectivity index (χ3v) is 5.23. The van der Waals surface area contributed by atoms with Crippen LogP contribution in [-0.4, -0.2) is 17.1 Å². The molecule has 0 saturated carbocycles. The van der Waals surface area contributed by atoms with Crippen LogP contribution in [0.1, 0.15) is 16.7 Å². The monoisotopic (exact) mass is 366 g/mol. The van der Waals surface area contributed by atoms with Crippen LogP contribution < -0.4 is 9.54 Å². The Labute approximate surface area is 157 Å². The molecule has 0 radical (unpaired) electrons. The van der Waals surface area contributed by atoms with Gasteiger partial charge >= 0.3 is 0 Å². The maximum absolute atomic E-state index is 12.3. The number of hydrogen-bond acceptors (Lipinski definition) is 3. The standard InChI is InChI=1S/C21H22N2O2S/c1-5-9-23-18-12-15(3)10-16(4)20(18)26-21(23)22-19(24)13-25-17-8-6-7-14(2)11-17/h5-8,10-12H,1,9,13H2,2-4H3. The van der Waals surface area contributed by atoms with Crippen molar-refractivity contribution in [2.75, 3.05) is 6.61 Å². The van der Waals surface area contributed by atoms with Crippen LogP contribution in [0.5, 0.6) is 5.75 Å². The van der Waals surface area contributed by atoms with E-state index in [2.05, 4.69) is 37.6 Å². The molecule has 1 amide bonds. The van der Waals surface area contributed by atoms with E-state index < -0.39 is 0 Å². The minimum atomic E-state index is -0.301. The summed E-state index contributed by atoms with van der Waals surface area (Å²) in [5.74, 6) is 0.376. The smallest absolute Gasteiger partial charge is 0.286 e. The molecule has 1 heterocycles. The minimum Gasteiger partial charge on any atom is -0.484 e. The lowest BCUT2D eigenvalue weighted by atomic mass is 10.1. The van der Waals surface area contributed by atoms with Gasteiger partial charge in [-0.05, 0) is 55.7 Å². The molecule has 0 aliphatic carbocycles. The lowest BCUT2D eigenvalue weighted by Gasteiger charge is -2.04. The van der Waals surface area contributed by atoms with Crippen LogP contribution in [0.4, 0.5) is 0 Å². The molecule has 3 aromatic rings. The Balaban J connectivity index is 1.92. The quantitative estimate of drug-likeness (QED) is 0.631. The number of thiazole rings is 1. The summed E-state index contributed by atoms with van der Waals surface area (Å²) in [5, 5.41) is 0. The number of carbonyl (C=O) groups excluding carboxylic acids is 1. The van der Waals surface area contributed by atoms with Gasteiger partial charge in [0, 0.05) is 6.54 Å². The van der Waals surface area contributed by atoms with E-state index in [4.69, 9.17) is 4.74 Å². The second-order valence-electron chi connectivity index (χ2n) is 6.32. The Kier molecular flexibility index (Phi) is 5.38. The van der Waals surface area contributed by atoms with Gasteiger partial charge in [0.25, 0.3) is 5.91 Å². The molecule has 0 atom stereocenters. The molecular weight excluding hydrogens is 344 g/mol. The van der Waals surface area contributed by atoms with E-state index in [1.165, 1.54) is 22.5 Å². The lowest BCUT2D eigenvalue weighted by molar-refractivity contribution is -0.120. The highest BCUT2D eigenvalue weighted by molar-refractivity contribution is 7.16. The highest BCUT2D eigenvalue weighted by atomic mass is 32.1. The molecule has 4 nitrogen and oxygen atoms in total. The van der Waals surface area contributed by atoms with Gasteiger partial charge in [0.05, 0.1) is 10.2 Å². The fraction of sp³-hybridized carbons (Fsp3) is 0.238. The van der Waals surface area contributed by atoms with E-state index in [1.807, 2.05) is 41.8 Å². The fourth-order valence-electron chi connectivity index (χ4n) is 2.89. The van der Waals surface area contributed by atoms with E-state index >= 15 is 0 Å². The van der Waals surface area contributed by atoms with Crippen molar-refractivity contribution in [1.29, 1.82) is 0 Å². The number of amides is 1. The van der Waals surface area contributed by atoms with Gasteiger partial charge in [0.1, 0.15) is 5.75 Å². The number of benzene rings is 2. The van der Waals surface area contributed by atoms with Gasteiger partial charge in [-0.2, -0.15) is 4.99 Å². The van der Waals surface area contributed by atoms with Crippen molar-refractivity contribution in [1.82, 2.24) is 4.57 Å². The maximum atomic E-state index is 12.3. The van der Waals surface area contributed by atoms with E-state index in [9.17, 15) is 4.79 Å². The molecule has 2 aromatic carbocycles. The Bertz CT molecular complexity index is 1040. The van der Waals surface area contributed by atoms with E-state index in [0.717, 1.165) is 15.8 Å². The van der Waals surface area contributed by atoms with Gasteiger partial charge in [0.15, 0.2) is 11.4 Å². The predicted molar refractivity (Wildman–Crippen MR) is 107 cm³/mol. The summed E-state index contributed by atoms with van der Waals surface area (Å²) in [6, 6.07) is 11.9. The maximum Gasteiger partial charge on any atom is 0.286 e. The number of aryl methyl sites for hydroxylation is 3. The third-order valence-electron chi connectivity index (χ3n) is 4.00.